The van der Waals surface area contributed by atoms with E-state index in [2.05, 4.69) is 5.32 Å². The van der Waals surface area contributed by atoms with Crippen LogP contribution in [0.2, 0.25) is 0 Å². The molecule has 0 aliphatic carbocycles. The van der Waals surface area contributed by atoms with Crippen molar-refractivity contribution in [3.05, 3.63) is 54.0 Å². The van der Waals surface area contributed by atoms with Gasteiger partial charge in [-0.2, -0.15) is 0 Å². The molecule has 0 spiro atoms. The number of carbonyl (C=O) groups excluding carboxylic acids is 1. The Hall–Kier alpha value is -2.07. The van der Waals surface area contributed by atoms with E-state index in [1.54, 1.807) is 12.1 Å². The number of nitrogens with one attached hydrogen (secondary N) is 1. The van der Waals surface area contributed by atoms with Crippen LogP contribution in [0.5, 0.6) is 0 Å². The predicted octanol–water partition coefficient (Wildman–Crippen LogP) is 2.65. The Morgan fingerprint density at radius 3 is 2.67 bits per heavy atom. The van der Waals surface area contributed by atoms with Gasteiger partial charge in [-0.15, -0.1) is 0 Å². The van der Waals surface area contributed by atoms with Gasteiger partial charge in [0.15, 0.2) is 0 Å². The van der Waals surface area contributed by atoms with Crippen LogP contribution in [0, 0.1) is 6.92 Å². The molecule has 2 N–H and O–H groups in total. The molecule has 0 aliphatic heterocycles. The van der Waals surface area contributed by atoms with Gasteiger partial charge in [0.2, 0.25) is 5.91 Å². The quantitative estimate of drug-likeness (QED) is 0.870. The molecule has 1 amide bonds. The molecule has 1 aromatic carbocycles. The van der Waals surface area contributed by atoms with Crippen molar-refractivity contribution in [2.24, 2.45) is 0 Å². The lowest BCUT2D eigenvalue weighted by molar-refractivity contribution is -0.118. The summed E-state index contributed by atoms with van der Waals surface area (Å²) in [5, 5.41) is 12.5. The van der Waals surface area contributed by atoms with Gasteiger partial charge in [-0.1, -0.05) is 17.7 Å². The van der Waals surface area contributed by atoms with Gasteiger partial charge in [-0.3, -0.25) is 4.79 Å². The molecule has 4 nitrogen and oxygen atoms in total. The molecule has 0 bridgehead atoms. The summed E-state index contributed by atoms with van der Waals surface area (Å²) in [5.74, 6) is 0.150. The van der Waals surface area contributed by atoms with E-state index in [1.807, 2.05) is 31.2 Å². The fourth-order valence-corrected chi connectivity index (χ4v) is 1.61. The number of carbonyl (C=O) groups is 1. The standard InChI is InChI=1S/C14H15NO3/c1-10-4-6-11(7-5-10)15-14(17)9-12(16)13-3-2-8-18-13/h2-8,12,16H,9H2,1H3,(H,15,17). The third-order valence-corrected chi connectivity index (χ3v) is 2.59. The summed E-state index contributed by atoms with van der Waals surface area (Å²) in [7, 11) is 0. The fourth-order valence-electron chi connectivity index (χ4n) is 1.61. The lowest BCUT2D eigenvalue weighted by Gasteiger charge is -2.08. The molecule has 1 heterocycles. The maximum absolute atomic E-state index is 11.7. The highest BCUT2D eigenvalue weighted by atomic mass is 16.4. The Morgan fingerprint density at radius 2 is 2.06 bits per heavy atom. The molecule has 2 aromatic rings. The molecule has 18 heavy (non-hydrogen) atoms. The fraction of sp³-hybridized carbons (Fsp3) is 0.214. The van der Waals surface area contributed by atoms with Crippen molar-refractivity contribution in [3.63, 3.8) is 0 Å². The summed E-state index contributed by atoms with van der Waals surface area (Å²) in [5.41, 5.74) is 1.85. The number of aryl methyl sites for hydroxylation is 1. The van der Waals surface area contributed by atoms with Crippen LogP contribution >= 0.6 is 0 Å². The summed E-state index contributed by atoms with van der Waals surface area (Å²) in [6.45, 7) is 1.98. The number of rotatable bonds is 4. The van der Waals surface area contributed by atoms with Crippen LogP contribution in [-0.2, 0) is 4.79 Å². The molecule has 0 saturated heterocycles. The lowest BCUT2D eigenvalue weighted by Crippen LogP contribution is -2.15. The highest BCUT2D eigenvalue weighted by Gasteiger charge is 2.15. The third-order valence-electron chi connectivity index (χ3n) is 2.59. The molecule has 0 radical (unpaired) electrons. The number of aliphatic hydroxyl groups excluding tert-OH is 1. The second-order valence-electron chi connectivity index (χ2n) is 4.15. The molecular formula is C14H15NO3. The average Bonchev–Trinajstić information content (AvgIpc) is 2.85. The second kappa shape index (κ2) is 5.51. The first-order valence-electron chi connectivity index (χ1n) is 5.73. The van der Waals surface area contributed by atoms with E-state index in [0.29, 0.717) is 5.76 Å². The van der Waals surface area contributed by atoms with Gasteiger partial charge in [0.1, 0.15) is 11.9 Å². The van der Waals surface area contributed by atoms with Crippen molar-refractivity contribution >= 4 is 11.6 Å². The van der Waals surface area contributed by atoms with Crippen LogP contribution in [0.1, 0.15) is 23.8 Å². The Kier molecular flexibility index (Phi) is 3.79. The van der Waals surface area contributed by atoms with Gasteiger partial charge in [-0.25, -0.2) is 0 Å². The molecule has 2 rings (SSSR count). The van der Waals surface area contributed by atoms with Crippen LogP contribution in [-0.4, -0.2) is 11.0 Å². The van der Waals surface area contributed by atoms with Crippen LogP contribution < -0.4 is 5.32 Å². The van der Waals surface area contributed by atoms with Gasteiger partial charge in [0.25, 0.3) is 0 Å². The van der Waals surface area contributed by atoms with E-state index in [0.717, 1.165) is 11.3 Å². The SMILES string of the molecule is Cc1ccc(NC(=O)CC(O)c2ccco2)cc1. The molecule has 0 fully saturated rings. The summed E-state index contributed by atoms with van der Waals surface area (Å²) in [6, 6.07) is 10.8. The number of amides is 1. The maximum Gasteiger partial charge on any atom is 0.227 e. The zero-order chi connectivity index (χ0) is 13.0. The predicted molar refractivity (Wildman–Crippen MR) is 68.1 cm³/mol. The number of anilines is 1. The van der Waals surface area contributed by atoms with E-state index in [4.69, 9.17) is 4.42 Å². The Labute approximate surface area is 105 Å². The topological polar surface area (TPSA) is 62.5 Å². The van der Waals surface area contributed by atoms with E-state index < -0.39 is 6.10 Å². The number of furan rings is 1. The smallest absolute Gasteiger partial charge is 0.227 e. The normalized spacial score (nSPS) is 12.1. The minimum atomic E-state index is -0.912. The highest BCUT2D eigenvalue weighted by molar-refractivity contribution is 5.91. The first kappa shape index (κ1) is 12.4. The summed E-state index contributed by atoms with van der Waals surface area (Å²) in [6.07, 6.45) is 0.531. The third kappa shape index (κ3) is 3.21. The summed E-state index contributed by atoms with van der Waals surface area (Å²) in [4.78, 5) is 11.7. The van der Waals surface area contributed by atoms with Crippen LogP contribution in [0.4, 0.5) is 5.69 Å². The first-order chi connectivity index (χ1) is 8.65. The lowest BCUT2D eigenvalue weighted by atomic mass is 10.2. The van der Waals surface area contributed by atoms with Gasteiger partial charge >= 0.3 is 0 Å². The number of hydrogen-bond acceptors (Lipinski definition) is 3. The molecule has 1 unspecified atom stereocenters. The number of hydrogen-bond donors (Lipinski definition) is 2. The van der Waals surface area contributed by atoms with Crippen molar-refractivity contribution in [3.8, 4) is 0 Å². The molecule has 1 atom stereocenters. The van der Waals surface area contributed by atoms with Crippen LogP contribution in [0.15, 0.2) is 47.1 Å². The van der Waals surface area contributed by atoms with Crippen LogP contribution in [0.25, 0.3) is 0 Å². The molecule has 4 heteroatoms. The molecular weight excluding hydrogens is 230 g/mol. The van der Waals surface area contributed by atoms with E-state index in [9.17, 15) is 9.90 Å². The molecule has 0 saturated carbocycles. The maximum atomic E-state index is 11.7. The first-order valence-corrected chi connectivity index (χ1v) is 5.73. The second-order valence-corrected chi connectivity index (χ2v) is 4.15. The van der Waals surface area contributed by atoms with Crippen molar-refractivity contribution in [1.82, 2.24) is 0 Å². The van der Waals surface area contributed by atoms with Crippen molar-refractivity contribution in [2.75, 3.05) is 5.32 Å². The van der Waals surface area contributed by atoms with E-state index in [1.165, 1.54) is 6.26 Å². The minimum Gasteiger partial charge on any atom is -0.467 e. The molecule has 1 aromatic heterocycles. The van der Waals surface area contributed by atoms with E-state index in [-0.39, 0.29) is 12.3 Å². The number of benzene rings is 1. The van der Waals surface area contributed by atoms with E-state index >= 15 is 0 Å². The van der Waals surface area contributed by atoms with Gasteiger partial charge in [-0.05, 0) is 31.2 Å². The summed E-state index contributed by atoms with van der Waals surface area (Å²) < 4.78 is 5.03. The zero-order valence-corrected chi connectivity index (χ0v) is 10.1. The Balaban J connectivity index is 1.91. The van der Waals surface area contributed by atoms with Gasteiger partial charge in [0, 0.05) is 5.69 Å². The monoisotopic (exact) mass is 245 g/mol. The largest absolute Gasteiger partial charge is 0.467 e. The summed E-state index contributed by atoms with van der Waals surface area (Å²) >= 11 is 0. The number of aliphatic hydroxyl groups is 1. The Morgan fingerprint density at radius 1 is 1.33 bits per heavy atom. The van der Waals surface area contributed by atoms with Gasteiger partial charge < -0.3 is 14.8 Å². The van der Waals surface area contributed by atoms with Crippen molar-refractivity contribution in [2.45, 2.75) is 19.4 Å². The molecule has 0 aliphatic rings. The Bertz CT molecular complexity index is 502. The average molecular weight is 245 g/mol. The molecule has 94 valence electrons. The van der Waals surface area contributed by atoms with Crippen molar-refractivity contribution in [1.29, 1.82) is 0 Å². The highest BCUT2D eigenvalue weighted by Crippen LogP contribution is 2.18. The van der Waals surface area contributed by atoms with Crippen molar-refractivity contribution < 1.29 is 14.3 Å². The van der Waals surface area contributed by atoms with Gasteiger partial charge in [0.05, 0.1) is 12.7 Å². The minimum absolute atomic E-state index is 0.0264. The zero-order valence-electron chi connectivity index (χ0n) is 10.1. The van der Waals surface area contributed by atoms with Crippen LogP contribution in [0.3, 0.4) is 0 Å².